The second kappa shape index (κ2) is 8.22. The van der Waals surface area contributed by atoms with Gasteiger partial charge in [-0.15, -0.1) is 16.7 Å². The van der Waals surface area contributed by atoms with E-state index in [0.29, 0.717) is 24.1 Å². The van der Waals surface area contributed by atoms with Gasteiger partial charge in [0.15, 0.2) is 5.82 Å². The number of anilines is 1. The van der Waals surface area contributed by atoms with Gasteiger partial charge in [-0.3, -0.25) is 4.79 Å². The second-order valence-corrected chi connectivity index (χ2v) is 6.74. The van der Waals surface area contributed by atoms with Gasteiger partial charge in [0, 0.05) is 11.3 Å². The molecule has 6 nitrogen and oxygen atoms in total. The highest BCUT2D eigenvalue weighted by atomic mass is 35.5. The van der Waals surface area contributed by atoms with Gasteiger partial charge in [-0.2, -0.15) is 4.98 Å². The van der Waals surface area contributed by atoms with Crippen LogP contribution in [0.4, 0.5) is 5.69 Å². The number of halogens is 1. The largest absolute Gasteiger partial charge is 0.463 e. The number of hydrogen-bond donors (Lipinski definition) is 1. The van der Waals surface area contributed by atoms with E-state index >= 15 is 0 Å². The van der Waals surface area contributed by atoms with Crippen molar-refractivity contribution in [2.45, 2.75) is 26.1 Å². The zero-order chi connectivity index (χ0) is 19.4. The Kier molecular flexibility index (Phi) is 5.76. The van der Waals surface area contributed by atoms with Crippen LogP contribution in [0.15, 0.2) is 48.5 Å². The molecule has 0 fully saturated rings. The topological polar surface area (TPSA) is 69.0 Å². The molecule has 27 heavy (non-hydrogen) atoms. The van der Waals surface area contributed by atoms with E-state index in [9.17, 15) is 4.79 Å². The number of ether oxygens (including phenoxy) is 1. The Morgan fingerprint density at radius 2 is 1.85 bits per heavy atom. The van der Waals surface area contributed by atoms with Crippen LogP contribution >= 0.6 is 11.6 Å². The van der Waals surface area contributed by atoms with Crippen molar-refractivity contribution < 1.29 is 9.53 Å². The summed E-state index contributed by atoms with van der Waals surface area (Å²) >= 11 is 5.79. The number of carbonyl (C=O) groups excluding carboxylic acids is 1. The quantitative estimate of drug-likeness (QED) is 0.646. The minimum atomic E-state index is -0.595. The number of alkyl halides is 1. The number of benzene rings is 2. The summed E-state index contributed by atoms with van der Waals surface area (Å²) in [6.07, 6.45) is 0. The lowest BCUT2D eigenvalue weighted by atomic mass is 10.1. The molecule has 7 heteroatoms. The normalized spacial score (nSPS) is 11.9. The van der Waals surface area contributed by atoms with Gasteiger partial charge in [0.25, 0.3) is 0 Å². The molecule has 0 aliphatic rings. The molecule has 2 aromatic carbocycles. The van der Waals surface area contributed by atoms with Crippen LogP contribution in [-0.4, -0.2) is 32.7 Å². The average molecular weight is 385 g/mol. The van der Waals surface area contributed by atoms with Crippen LogP contribution in [-0.2, 0) is 4.79 Å². The molecule has 0 saturated carbocycles. The van der Waals surface area contributed by atoms with Crippen molar-refractivity contribution in [1.29, 1.82) is 0 Å². The van der Waals surface area contributed by atoms with Crippen LogP contribution in [0.25, 0.3) is 17.1 Å². The van der Waals surface area contributed by atoms with Crippen molar-refractivity contribution in [3.63, 3.8) is 0 Å². The van der Waals surface area contributed by atoms with Gasteiger partial charge >= 0.3 is 6.01 Å². The lowest BCUT2D eigenvalue weighted by Crippen LogP contribution is -2.20. The summed E-state index contributed by atoms with van der Waals surface area (Å²) in [7, 11) is 0. The Balaban J connectivity index is 1.95. The van der Waals surface area contributed by atoms with E-state index in [0.717, 1.165) is 11.3 Å². The van der Waals surface area contributed by atoms with Crippen LogP contribution in [0.2, 0.25) is 0 Å². The molecule has 0 spiro atoms. The molecule has 1 heterocycles. The van der Waals surface area contributed by atoms with E-state index in [1.54, 1.807) is 23.7 Å². The molecule has 1 amide bonds. The molecule has 3 rings (SSSR count). The van der Waals surface area contributed by atoms with E-state index in [1.165, 1.54) is 5.56 Å². The van der Waals surface area contributed by atoms with Crippen molar-refractivity contribution in [1.82, 2.24) is 14.8 Å². The highest BCUT2D eigenvalue weighted by molar-refractivity contribution is 6.32. The number of nitrogens with one attached hydrogen (secondary N) is 1. The number of carbonyl (C=O) groups is 1. The molecular weight excluding hydrogens is 364 g/mol. The second-order valence-electron chi connectivity index (χ2n) is 6.08. The molecule has 0 radical (unpaired) electrons. The fourth-order valence-corrected chi connectivity index (χ4v) is 2.54. The van der Waals surface area contributed by atoms with Crippen LogP contribution in [0.1, 0.15) is 19.4 Å². The van der Waals surface area contributed by atoms with Gasteiger partial charge in [-0.1, -0.05) is 29.8 Å². The van der Waals surface area contributed by atoms with Gasteiger partial charge in [-0.05, 0) is 45.0 Å². The highest BCUT2D eigenvalue weighted by Crippen LogP contribution is 2.25. The summed E-state index contributed by atoms with van der Waals surface area (Å²) in [4.78, 5) is 16.2. The maximum atomic E-state index is 11.7. The summed E-state index contributed by atoms with van der Waals surface area (Å²) in [5.74, 6) is 0.439. The fourth-order valence-electron chi connectivity index (χ4n) is 2.48. The third-order valence-corrected chi connectivity index (χ3v) is 4.11. The molecule has 1 unspecified atom stereocenters. The lowest BCUT2D eigenvalue weighted by molar-refractivity contribution is -0.115. The highest BCUT2D eigenvalue weighted by Gasteiger charge is 2.15. The van der Waals surface area contributed by atoms with Crippen LogP contribution in [0.3, 0.4) is 0 Å². The predicted molar refractivity (Wildman–Crippen MR) is 107 cm³/mol. The van der Waals surface area contributed by atoms with Crippen molar-refractivity contribution in [2.75, 3.05) is 11.9 Å². The number of aromatic nitrogens is 3. The van der Waals surface area contributed by atoms with E-state index in [2.05, 4.69) is 15.4 Å². The number of nitrogens with zero attached hydrogens (tertiary/aromatic N) is 3. The monoisotopic (exact) mass is 384 g/mol. The lowest BCUT2D eigenvalue weighted by Gasteiger charge is -2.09. The van der Waals surface area contributed by atoms with Crippen molar-refractivity contribution in [2.24, 2.45) is 0 Å². The summed E-state index contributed by atoms with van der Waals surface area (Å²) in [6, 6.07) is 15.7. The maximum Gasteiger partial charge on any atom is 0.336 e. The number of hydrogen-bond acceptors (Lipinski definition) is 4. The van der Waals surface area contributed by atoms with Gasteiger partial charge in [0.1, 0.15) is 5.38 Å². The zero-order valence-electron chi connectivity index (χ0n) is 15.4. The van der Waals surface area contributed by atoms with E-state index in [1.807, 2.05) is 50.2 Å². The summed E-state index contributed by atoms with van der Waals surface area (Å²) in [5.41, 5.74) is 3.58. The molecule has 0 aliphatic heterocycles. The van der Waals surface area contributed by atoms with E-state index in [4.69, 9.17) is 16.3 Å². The summed E-state index contributed by atoms with van der Waals surface area (Å²) < 4.78 is 7.21. The van der Waals surface area contributed by atoms with Gasteiger partial charge in [0.2, 0.25) is 5.91 Å². The first-order chi connectivity index (χ1) is 13.0. The Morgan fingerprint density at radius 1 is 1.19 bits per heavy atom. The Morgan fingerprint density at radius 3 is 2.44 bits per heavy atom. The smallest absolute Gasteiger partial charge is 0.336 e. The van der Waals surface area contributed by atoms with Crippen molar-refractivity contribution in [3.05, 3.63) is 54.1 Å². The minimum absolute atomic E-state index is 0.246. The molecule has 1 aromatic heterocycles. The van der Waals surface area contributed by atoms with Gasteiger partial charge in [-0.25, -0.2) is 4.68 Å². The predicted octanol–water partition coefficient (Wildman–Crippen LogP) is 4.21. The molecule has 0 aliphatic carbocycles. The Labute approximate surface area is 163 Å². The first-order valence-electron chi connectivity index (χ1n) is 8.70. The first kappa shape index (κ1) is 18.9. The van der Waals surface area contributed by atoms with Gasteiger partial charge < -0.3 is 10.1 Å². The Bertz CT molecular complexity index is 918. The first-order valence-corrected chi connectivity index (χ1v) is 9.14. The third-order valence-electron chi connectivity index (χ3n) is 3.91. The van der Waals surface area contributed by atoms with Crippen molar-refractivity contribution >= 4 is 23.2 Å². The maximum absolute atomic E-state index is 11.7. The fraction of sp³-hybridized carbons (Fsp3) is 0.250. The molecule has 0 saturated heterocycles. The number of aryl methyl sites for hydroxylation is 1. The van der Waals surface area contributed by atoms with Crippen LogP contribution in [0, 0.1) is 6.92 Å². The Hall–Kier alpha value is -2.86. The zero-order valence-corrected chi connectivity index (χ0v) is 16.2. The molecule has 0 bridgehead atoms. The van der Waals surface area contributed by atoms with Crippen LogP contribution < -0.4 is 10.1 Å². The number of rotatable bonds is 6. The van der Waals surface area contributed by atoms with E-state index in [-0.39, 0.29) is 5.91 Å². The molecule has 1 N–H and O–H groups in total. The SMILES string of the molecule is CCOc1nc(-c2ccc(C)cc2)n(-c2ccc(NC(=O)C(C)Cl)cc2)n1. The molecular formula is C20H21ClN4O2. The molecule has 140 valence electrons. The van der Waals surface area contributed by atoms with E-state index < -0.39 is 5.38 Å². The third kappa shape index (κ3) is 4.46. The molecule has 1 atom stereocenters. The number of amides is 1. The summed E-state index contributed by atoms with van der Waals surface area (Å²) in [5, 5.41) is 6.62. The van der Waals surface area contributed by atoms with Crippen LogP contribution in [0.5, 0.6) is 6.01 Å². The summed E-state index contributed by atoms with van der Waals surface area (Å²) in [6.45, 7) is 6.04. The molecule has 3 aromatic rings. The minimum Gasteiger partial charge on any atom is -0.463 e. The van der Waals surface area contributed by atoms with Gasteiger partial charge in [0.05, 0.1) is 12.3 Å². The van der Waals surface area contributed by atoms with Crippen molar-refractivity contribution in [3.8, 4) is 23.1 Å². The standard InChI is InChI=1S/C20H21ClN4O2/c1-4-27-20-23-18(15-7-5-13(2)6-8-15)25(24-20)17-11-9-16(10-12-17)22-19(26)14(3)21/h5-12,14H,4H2,1-3H3,(H,22,26). The average Bonchev–Trinajstić information content (AvgIpc) is 3.07.